The number of fused-ring (bicyclic) bond motifs is 1. The molecule has 32 heavy (non-hydrogen) atoms. The molecule has 5 rings (SSSR count). The van der Waals surface area contributed by atoms with Gasteiger partial charge >= 0.3 is 0 Å². The standard InChI is InChI=1S/C24H23FN6S/c1-15-5-7-19(8-6-15)31-16(2)20(13-29-31)17-10-22(32-24-21(25)4-3-9-27-24)23-18(11-26)12-28-30(23)14-17/h3-4,9-10,12-15,19H,5-8H2,1-2H3. The van der Waals surface area contributed by atoms with Crippen LogP contribution in [0.15, 0.2) is 52.9 Å². The minimum absolute atomic E-state index is 0.264. The second kappa shape index (κ2) is 8.40. The molecule has 162 valence electrons. The second-order valence-corrected chi connectivity index (χ2v) is 9.48. The van der Waals surface area contributed by atoms with Crippen LogP contribution in [0.5, 0.6) is 0 Å². The average molecular weight is 447 g/mol. The minimum atomic E-state index is -0.394. The third-order valence-electron chi connectivity index (χ3n) is 6.32. The number of halogens is 1. The van der Waals surface area contributed by atoms with E-state index < -0.39 is 5.82 Å². The predicted molar refractivity (Wildman–Crippen MR) is 121 cm³/mol. The van der Waals surface area contributed by atoms with Crippen molar-refractivity contribution in [2.24, 2.45) is 5.92 Å². The van der Waals surface area contributed by atoms with Crippen molar-refractivity contribution in [3.8, 4) is 17.2 Å². The summed E-state index contributed by atoms with van der Waals surface area (Å²) in [5.41, 5.74) is 4.15. The van der Waals surface area contributed by atoms with E-state index in [1.54, 1.807) is 16.8 Å². The maximum absolute atomic E-state index is 14.3. The molecule has 0 unspecified atom stereocenters. The highest BCUT2D eigenvalue weighted by atomic mass is 32.2. The van der Waals surface area contributed by atoms with Gasteiger partial charge in [0.1, 0.15) is 11.1 Å². The summed E-state index contributed by atoms with van der Waals surface area (Å²) < 4.78 is 18.2. The first-order valence-corrected chi connectivity index (χ1v) is 11.6. The lowest BCUT2D eigenvalue weighted by Gasteiger charge is -2.27. The van der Waals surface area contributed by atoms with Gasteiger partial charge in [0.25, 0.3) is 0 Å². The Morgan fingerprint density at radius 1 is 1.19 bits per heavy atom. The fraction of sp³-hybridized carbons (Fsp3) is 0.333. The van der Waals surface area contributed by atoms with E-state index in [2.05, 4.69) is 34.7 Å². The summed E-state index contributed by atoms with van der Waals surface area (Å²) in [6.07, 6.45) is 11.7. The number of aromatic nitrogens is 5. The Morgan fingerprint density at radius 3 is 2.75 bits per heavy atom. The summed E-state index contributed by atoms with van der Waals surface area (Å²) in [6, 6.07) is 7.54. The summed E-state index contributed by atoms with van der Waals surface area (Å²) in [6.45, 7) is 4.41. The van der Waals surface area contributed by atoms with Crippen LogP contribution in [-0.4, -0.2) is 24.4 Å². The summed E-state index contributed by atoms with van der Waals surface area (Å²) in [4.78, 5) is 4.90. The minimum Gasteiger partial charge on any atom is -0.266 e. The molecule has 6 nitrogen and oxygen atoms in total. The molecule has 0 saturated heterocycles. The highest BCUT2D eigenvalue weighted by molar-refractivity contribution is 7.99. The first kappa shape index (κ1) is 20.7. The Labute approximate surface area is 190 Å². The SMILES string of the molecule is Cc1c(-c2cc(Sc3ncccc3F)c3c(C#N)cnn3c2)cnn1C1CCC(C)CC1. The van der Waals surface area contributed by atoms with E-state index >= 15 is 0 Å². The zero-order chi connectivity index (χ0) is 22.2. The fourth-order valence-electron chi connectivity index (χ4n) is 4.50. The van der Waals surface area contributed by atoms with E-state index in [0.717, 1.165) is 40.5 Å². The van der Waals surface area contributed by atoms with Crippen LogP contribution in [0.2, 0.25) is 0 Å². The molecule has 1 aliphatic rings. The van der Waals surface area contributed by atoms with Gasteiger partial charge in [0.05, 0.1) is 29.5 Å². The average Bonchev–Trinajstić information content (AvgIpc) is 3.39. The van der Waals surface area contributed by atoms with Crippen LogP contribution >= 0.6 is 11.8 Å². The lowest BCUT2D eigenvalue weighted by atomic mass is 9.87. The molecule has 1 fully saturated rings. The molecule has 4 heterocycles. The van der Waals surface area contributed by atoms with Crippen molar-refractivity contribution in [1.82, 2.24) is 24.4 Å². The molecule has 4 aromatic rings. The zero-order valence-corrected chi connectivity index (χ0v) is 18.8. The van der Waals surface area contributed by atoms with Crippen LogP contribution in [0.4, 0.5) is 4.39 Å². The summed E-state index contributed by atoms with van der Waals surface area (Å²) in [5, 5.41) is 18.9. The van der Waals surface area contributed by atoms with Gasteiger partial charge in [-0.25, -0.2) is 13.9 Å². The molecule has 0 aliphatic heterocycles. The molecule has 0 aromatic carbocycles. The molecule has 0 radical (unpaired) electrons. The van der Waals surface area contributed by atoms with Crippen LogP contribution < -0.4 is 0 Å². The fourth-order valence-corrected chi connectivity index (χ4v) is 5.48. The molecule has 1 saturated carbocycles. The number of nitrogens with zero attached hydrogens (tertiary/aromatic N) is 6. The normalized spacial score (nSPS) is 18.7. The van der Waals surface area contributed by atoms with Gasteiger partial charge in [0, 0.05) is 34.1 Å². The lowest BCUT2D eigenvalue weighted by Crippen LogP contribution is -2.18. The van der Waals surface area contributed by atoms with Crippen LogP contribution in [0.25, 0.3) is 16.6 Å². The Balaban J connectivity index is 1.59. The van der Waals surface area contributed by atoms with E-state index in [-0.39, 0.29) is 5.03 Å². The smallest absolute Gasteiger partial charge is 0.155 e. The lowest BCUT2D eigenvalue weighted by molar-refractivity contribution is 0.271. The summed E-state index contributed by atoms with van der Waals surface area (Å²) in [7, 11) is 0. The van der Waals surface area contributed by atoms with Crippen molar-refractivity contribution < 1.29 is 4.39 Å². The molecule has 0 amide bonds. The number of pyridine rings is 2. The number of rotatable bonds is 4. The van der Waals surface area contributed by atoms with E-state index in [0.29, 0.717) is 17.1 Å². The molecule has 0 N–H and O–H groups in total. The number of nitriles is 1. The molecular weight excluding hydrogens is 423 g/mol. The van der Waals surface area contributed by atoms with Crippen LogP contribution in [0.1, 0.15) is 49.9 Å². The predicted octanol–water partition coefficient (Wildman–Crippen LogP) is 5.81. The molecule has 4 aromatic heterocycles. The monoisotopic (exact) mass is 446 g/mol. The molecule has 0 atom stereocenters. The number of hydrogen-bond acceptors (Lipinski definition) is 5. The van der Waals surface area contributed by atoms with E-state index in [9.17, 15) is 9.65 Å². The zero-order valence-electron chi connectivity index (χ0n) is 18.0. The molecule has 8 heteroatoms. The van der Waals surface area contributed by atoms with Gasteiger partial charge in [0.15, 0.2) is 5.82 Å². The van der Waals surface area contributed by atoms with Gasteiger partial charge in [-0.2, -0.15) is 15.5 Å². The third kappa shape index (κ3) is 3.67. The third-order valence-corrected chi connectivity index (χ3v) is 7.34. The van der Waals surface area contributed by atoms with E-state index in [1.165, 1.54) is 36.9 Å². The molecule has 0 bridgehead atoms. The van der Waals surface area contributed by atoms with Crippen molar-refractivity contribution >= 4 is 17.3 Å². The van der Waals surface area contributed by atoms with Gasteiger partial charge in [-0.15, -0.1) is 0 Å². The Kier molecular flexibility index (Phi) is 5.43. The van der Waals surface area contributed by atoms with E-state index in [4.69, 9.17) is 5.10 Å². The Hall–Kier alpha value is -3.18. The van der Waals surface area contributed by atoms with Gasteiger partial charge < -0.3 is 0 Å². The largest absolute Gasteiger partial charge is 0.266 e. The number of hydrogen-bond donors (Lipinski definition) is 0. The molecule has 1 aliphatic carbocycles. The highest BCUT2D eigenvalue weighted by Crippen LogP contribution is 2.38. The van der Waals surface area contributed by atoms with Crippen molar-refractivity contribution in [3.63, 3.8) is 0 Å². The summed E-state index contributed by atoms with van der Waals surface area (Å²) in [5.74, 6) is 0.388. The van der Waals surface area contributed by atoms with Crippen LogP contribution in [0.3, 0.4) is 0 Å². The van der Waals surface area contributed by atoms with Crippen molar-refractivity contribution in [2.45, 2.75) is 55.5 Å². The summed E-state index contributed by atoms with van der Waals surface area (Å²) >= 11 is 1.20. The van der Waals surface area contributed by atoms with Crippen molar-refractivity contribution in [3.05, 3.63) is 60.1 Å². The second-order valence-electron chi connectivity index (χ2n) is 8.45. The molecule has 0 spiro atoms. The van der Waals surface area contributed by atoms with Gasteiger partial charge in [0.2, 0.25) is 0 Å². The highest BCUT2D eigenvalue weighted by Gasteiger charge is 2.23. The first-order chi connectivity index (χ1) is 15.5. The van der Waals surface area contributed by atoms with Gasteiger partial charge in [-0.05, 0) is 56.7 Å². The van der Waals surface area contributed by atoms with Crippen molar-refractivity contribution in [1.29, 1.82) is 5.26 Å². The molecular formula is C24H23FN6S. The van der Waals surface area contributed by atoms with Crippen LogP contribution in [0, 0.1) is 30.0 Å². The van der Waals surface area contributed by atoms with Gasteiger partial charge in [-0.1, -0.05) is 18.7 Å². The van der Waals surface area contributed by atoms with E-state index in [1.807, 2.05) is 18.5 Å². The first-order valence-electron chi connectivity index (χ1n) is 10.8. The Morgan fingerprint density at radius 2 is 2.00 bits per heavy atom. The quantitative estimate of drug-likeness (QED) is 0.395. The Bertz CT molecular complexity index is 1330. The van der Waals surface area contributed by atoms with Crippen molar-refractivity contribution in [2.75, 3.05) is 0 Å². The van der Waals surface area contributed by atoms with Gasteiger partial charge in [-0.3, -0.25) is 4.68 Å². The topological polar surface area (TPSA) is 71.8 Å². The van der Waals surface area contributed by atoms with Crippen LogP contribution in [-0.2, 0) is 0 Å². The maximum Gasteiger partial charge on any atom is 0.155 e. The maximum atomic E-state index is 14.3.